The molecule has 0 atom stereocenters. The lowest BCUT2D eigenvalue weighted by Crippen LogP contribution is -2.39. The summed E-state index contributed by atoms with van der Waals surface area (Å²) in [6.45, 7) is 2.50. The third-order valence-electron chi connectivity index (χ3n) is 3.85. The Balaban J connectivity index is 1.95. The summed E-state index contributed by atoms with van der Waals surface area (Å²) in [5.41, 5.74) is 3.99. The zero-order valence-electron chi connectivity index (χ0n) is 13.7. The van der Waals surface area contributed by atoms with Gasteiger partial charge in [-0.3, -0.25) is 9.59 Å². The number of methoxy groups -OCH3 is 1. The van der Waals surface area contributed by atoms with Gasteiger partial charge in [-0.2, -0.15) is 5.10 Å². The summed E-state index contributed by atoms with van der Waals surface area (Å²) in [4.78, 5) is 25.5. The van der Waals surface area contributed by atoms with Crippen LogP contribution in [0.4, 0.5) is 0 Å². The van der Waals surface area contributed by atoms with E-state index in [2.05, 4.69) is 10.5 Å². The van der Waals surface area contributed by atoms with Crippen LogP contribution in [0.15, 0.2) is 29.4 Å². The van der Waals surface area contributed by atoms with Gasteiger partial charge in [0.15, 0.2) is 0 Å². The Morgan fingerprint density at radius 3 is 2.87 bits per heavy atom. The third kappa shape index (κ3) is 4.81. The third-order valence-corrected chi connectivity index (χ3v) is 3.85. The van der Waals surface area contributed by atoms with E-state index >= 15 is 0 Å². The van der Waals surface area contributed by atoms with E-state index in [1.54, 1.807) is 18.9 Å². The van der Waals surface area contributed by atoms with E-state index in [9.17, 15) is 9.59 Å². The number of benzene rings is 1. The fourth-order valence-corrected chi connectivity index (χ4v) is 2.56. The van der Waals surface area contributed by atoms with Crippen molar-refractivity contribution in [2.24, 2.45) is 5.10 Å². The van der Waals surface area contributed by atoms with Crippen molar-refractivity contribution in [1.29, 1.82) is 0 Å². The number of ether oxygens (including phenoxy) is 1. The fraction of sp³-hybridized carbons (Fsp3) is 0.471. The number of nitrogens with one attached hydrogen (secondary N) is 1. The molecule has 124 valence electrons. The van der Waals surface area contributed by atoms with Gasteiger partial charge in [-0.25, -0.2) is 5.43 Å². The first-order valence-corrected chi connectivity index (χ1v) is 7.86. The van der Waals surface area contributed by atoms with Crippen LogP contribution in [0.2, 0.25) is 0 Å². The number of carbonyl (C=O) groups is 2. The highest BCUT2D eigenvalue weighted by atomic mass is 16.5. The second-order valence-corrected chi connectivity index (χ2v) is 5.56. The Labute approximate surface area is 136 Å². The van der Waals surface area contributed by atoms with Crippen molar-refractivity contribution in [2.45, 2.75) is 32.6 Å². The SMILES string of the molecule is COc1ccccc1/C(C)=N\NC(=O)CN1CCCCCC1=O. The molecule has 1 aromatic carbocycles. The number of hydrogen-bond donors (Lipinski definition) is 1. The van der Waals surface area contributed by atoms with Crippen LogP contribution in [0.3, 0.4) is 0 Å². The largest absolute Gasteiger partial charge is 0.496 e. The summed E-state index contributed by atoms with van der Waals surface area (Å²) >= 11 is 0. The minimum Gasteiger partial charge on any atom is -0.496 e. The quantitative estimate of drug-likeness (QED) is 0.666. The Kier molecular flexibility index (Phi) is 6.14. The van der Waals surface area contributed by atoms with E-state index in [1.165, 1.54) is 0 Å². The molecular weight excluding hydrogens is 294 g/mol. The second-order valence-electron chi connectivity index (χ2n) is 5.56. The molecule has 0 spiro atoms. The molecular formula is C17H23N3O3. The van der Waals surface area contributed by atoms with E-state index < -0.39 is 0 Å². The van der Waals surface area contributed by atoms with Crippen LogP contribution in [0.1, 0.15) is 38.2 Å². The van der Waals surface area contributed by atoms with Crippen molar-refractivity contribution in [1.82, 2.24) is 10.3 Å². The minimum absolute atomic E-state index is 0.0445. The number of hydrazone groups is 1. The van der Waals surface area contributed by atoms with Crippen molar-refractivity contribution in [2.75, 3.05) is 20.2 Å². The van der Waals surface area contributed by atoms with Crippen molar-refractivity contribution in [3.8, 4) is 5.75 Å². The molecule has 0 aromatic heterocycles. The van der Waals surface area contributed by atoms with Gasteiger partial charge in [-0.15, -0.1) is 0 Å². The molecule has 23 heavy (non-hydrogen) atoms. The summed E-state index contributed by atoms with van der Waals surface area (Å²) in [6, 6.07) is 7.47. The molecule has 2 rings (SSSR count). The molecule has 0 aliphatic carbocycles. The maximum Gasteiger partial charge on any atom is 0.259 e. The van der Waals surface area contributed by atoms with E-state index in [0.29, 0.717) is 24.4 Å². The van der Waals surface area contributed by atoms with Crippen LogP contribution in [0.25, 0.3) is 0 Å². The normalized spacial score (nSPS) is 16.0. The molecule has 1 aliphatic rings. The highest BCUT2D eigenvalue weighted by Crippen LogP contribution is 2.17. The topological polar surface area (TPSA) is 71.0 Å². The molecule has 1 heterocycles. The Bertz CT molecular complexity index is 599. The van der Waals surface area contributed by atoms with Crippen LogP contribution in [-0.2, 0) is 9.59 Å². The smallest absolute Gasteiger partial charge is 0.259 e. The Morgan fingerprint density at radius 2 is 2.09 bits per heavy atom. The van der Waals surface area contributed by atoms with Gasteiger partial charge in [0.1, 0.15) is 12.3 Å². The van der Waals surface area contributed by atoms with Crippen molar-refractivity contribution in [3.63, 3.8) is 0 Å². The zero-order chi connectivity index (χ0) is 16.7. The highest BCUT2D eigenvalue weighted by Gasteiger charge is 2.19. The van der Waals surface area contributed by atoms with Crippen molar-refractivity contribution >= 4 is 17.5 Å². The average Bonchev–Trinajstić information content (AvgIpc) is 2.77. The van der Waals surface area contributed by atoms with E-state index in [-0.39, 0.29) is 18.4 Å². The monoisotopic (exact) mass is 317 g/mol. The van der Waals surface area contributed by atoms with Gasteiger partial charge in [0, 0.05) is 18.5 Å². The van der Waals surface area contributed by atoms with Gasteiger partial charge in [-0.05, 0) is 31.9 Å². The molecule has 1 aliphatic heterocycles. The average molecular weight is 317 g/mol. The fourth-order valence-electron chi connectivity index (χ4n) is 2.56. The van der Waals surface area contributed by atoms with Crippen LogP contribution in [0, 0.1) is 0 Å². The lowest BCUT2D eigenvalue weighted by Gasteiger charge is -2.19. The molecule has 1 aromatic rings. The number of hydrogen-bond acceptors (Lipinski definition) is 4. The van der Waals surface area contributed by atoms with Gasteiger partial charge in [0.2, 0.25) is 5.91 Å². The predicted molar refractivity (Wildman–Crippen MR) is 88.4 cm³/mol. The first kappa shape index (κ1) is 17.0. The highest BCUT2D eigenvalue weighted by molar-refractivity contribution is 6.01. The number of para-hydroxylation sites is 1. The molecule has 1 fully saturated rings. The molecule has 1 saturated heterocycles. The summed E-state index contributed by atoms with van der Waals surface area (Å²) in [7, 11) is 1.59. The second kappa shape index (κ2) is 8.31. The van der Waals surface area contributed by atoms with Gasteiger partial charge in [0.05, 0.1) is 12.8 Å². The summed E-state index contributed by atoms with van der Waals surface area (Å²) in [6.07, 6.45) is 3.41. The van der Waals surface area contributed by atoms with E-state index in [1.807, 2.05) is 24.3 Å². The molecule has 0 radical (unpaired) electrons. The van der Waals surface area contributed by atoms with Gasteiger partial charge in [0.25, 0.3) is 5.91 Å². The number of amides is 2. The minimum atomic E-state index is -0.283. The van der Waals surface area contributed by atoms with Gasteiger partial charge >= 0.3 is 0 Å². The maximum absolute atomic E-state index is 12.0. The molecule has 0 bridgehead atoms. The molecule has 0 saturated carbocycles. The molecule has 6 heteroatoms. The zero-order valence-corrected chi connectivity index (χ0v) is 13.7. The first-order valence-electron chi connectivity index (χ1n) is 7.86. The summed E-state index contributed by atoms with van der Waals surface area (Å²) in [5.74, 6) is 0.461. The standard InChI is InChI=1S/C17H23N3O3/c1-13(14-8-5-6-9-15(14)23-2)18-19-16(21)12-20-11-7-3-4-10-17(20)22/h5-6,8-9H,3-4,7,10-12H2,1-2H3,(H,19,21)/b18-13-. The lowest BCUT2D eigenvalue weighted by molar-refractivity contribution is -0.135. The Morgan fingerprint density at radius 1 is 1.30 bits per heavy atom. The predicted octanol–water partition coefficient (Wildman–Crippen LogP) is 1.94. The number of nitrogens with zero attached hydrogens (tertiary/aromatic N) is 2. The summed E-state index contributed by atoms with van der Waals surface area (Å²) < 4.78 is 5.28. The van der Waals surface area contributed by atoms with Crippen molar-refractivity contribution in [3.05, 3.63) is 29.8 Å². The molecule has 0 unspecified atom stereocenters. The first-order chi connectivity index (χ1) is 11.1. The summed E-state index contributed by atoms with van der Waals surface area (Å²) in [5, 5.41) is 4.12. The van der Waals surface area contributed by atoms with Gasteiger partial charge < -0.3 is 9.64 Å². The number of carbonyl (C=O) groups excluding carboxylic acids is 2. The van der Waals surface area contributed by atoms with Crippen LogP contribution < -0.4 is 10.2 Å². The number of rotatable bonds is 5. The molecule has 1 N–H and O–H groups in total. The van der Waals surface area contributed by atoms with Crippen LogP contribution in [0.5, 0.6) is 5.75 Å². The maximum atomic E-state index is 12.0. The lowest BCUT2D eigenvalue weighted by atomic mass is 10.1. The number of likely N-dealkylation sites (tertiary alicyclic amines) is 1. The van der Waals surface area contributed by atoms with Crippen LogP contribution >= 0.6 is 0 Å². The van der Waals surface area contributed by atoms with Crippen LogP contribution in [-0.4, -0.2) is 42.6 Å². The van der Waals surface area contributed by atoms with Gasteiger partial charge in [-0.1, -0.05) is 18.6 Å². The molecule has 6 nitrogen and oxygen atoms in total. The van der Waals surface area contributed by atoms with Crippen molar-refractivity contribution < 1.29 is 14.3 Å². The molecule has 2 amide bonds. The van der Waals surface area contributed by atoms with E-state index in [0.717, 1.165) is 24.8 Å². The Hall–Kier alpha value is -2.37. The van der Waals surface area contributed by atoms with E-state index in [4.69, 9.17) is 4.74 Å².